The van der Waals surface area contributed by atoms with E-state index >= 15 is 0 Å². The fourth-order valence-corrected chi connectivity index (χ4v) is 3.20. The fourth-order valence-electron chi connectivity index (χ4n) is 2.06. The Bertz CT molecular complexity index is 670. The van der Waals surface area contributed by atoms with Crippen LogP contribution < -0.4 is 4.72 Å². The summed E-state index contributed by atoms with van der Waals surface area (Å²) in [6.45, 7) is 2.43. The third kappa shape index (κ3) is 4.65. The summed E-state index contributed by atoms with van der Waals surface area (Å²) in [4.78, 5) is 4.38. The van der Waals surface area contributed by atoms with Crippen molar-refractivity contribution in [2.45, 2.75) is 31.1 Å². The SMILES string of the molecule is CCc1cccc(S(=O)(=O)NCCCc2cccnc2)c1. The van der Waals surface area contributed by atoms with Gasteiger partial charge in [0.05, 0.1) is 4.90 Å². The molecule has 0 radical (unpaired) electrons. The number of hydrogen-bond acceptors (Lipinski definition) is 3. The van der Waals surface area contributed by atoms with Gasteiger partial charge in [0.15, 0.2) is 0 Å². The summed E-state index contributed by atoms with van der Waals surface area (Å²) in [6.07, 6.45) is 5.92. The molecule has 112 valence electrons. The molecule has 0 amide bonds. The van der Waals surface area contributed by atoms with Crippen molar-refractivity contribution in [3.63, 3.8) is 0 Å². The lowest BCUT2D eigenvalue weighted by Crippen LogP contribution is -2.25. The predicted octanol–water partition coefficient (Wildman–Crippen LogP) is 2.56. The molecule has 0 aliphatic carbocycles. The Morgan fingerprint density at radius 3 is 2.67 bits per heavy atom. The first kappa shape index (κ1) is 15.7. The molecular weight excluding hydrogens is 284 g/mol. The molecule has 0 saturated heterocycles. The standard InChI is InChI=1S/C16H20N2O2S/c1-2-14-6-3-9-16(12-14)21(19,20)18-11-5-8-15-7-4-10-17-13-15/h3-4,6-7,9-10,12-13,18H,2,5,8,11H2,1H3. The van der Waals surface area contributed by atoms with Crippen molar-refractivity contribution in [2.24, 2.45) is 0 Å². The molecule has 1 N–H and O–H groups in total. The first-order valence-electron chi connectivity index (χ1n) is 7.09. The molecule has 0 atom stereocenters. The number of nitrogens with one attached hydrogen (secondary N) is 1. The molecule has 0 unspecified atom stereocenters. The minimum absolute atomic E-state index is 0.336. The molecule has 0 fully saturated rings. The van der Waals surface area contributed by atoms with Gasteiger partial charge in [0.25, 0.3) is 0 Å². The van der Waals surface area contributed by atoms with E-state index in [2.05, 4.69) is 9.71 Å². The summed E-state index contributed by atoms with van der Waals surface area (Å²) in [5.74, 6) is 0. The summed E-state index contributed by atoms with van der Waals surface area (Å²) in [6, 6.07) is 10.9. The highest BCUT2D eigenvalue weighted by Crippen LogP contribution is 2.12. The molecular formula is C16H20N2O2S. The number of sulfonamides is 1. The molecule has 0 aliphatic heterocycles. The lowest BCUT2D eigenvalue weighted by atomic mass is 10.2. The van der Waals surface area contributed by atoms with Crippen molar-refractivity contribution in [1.82, 2.24) is 9.71 Å². The maximum Gasteiger partial charge on any atom is 0.240 e. The van der Waals surface area contributed by atoms with E-state index in [1.54, 1.807) is 30.6 Å². The number of aromatic nitrogens is 1. The van der Waals surface area contributed by atoms with E-state index in [9.17, 15) is 8.42 Å². The highest BCUT2D eigenvalue weighted by Gasteiger charge is 2.13. The van der Waals surface area contributed by atoms with E-state index in [1.165, 1.54) is 0 Å². The van der Waals surface area contributed by atoms with Crippen LogP contribution in [0.15, 0.2) is 53.7 Å². The molecule has 0 bridgehead atoms. The van der Waals surface area contributed by atoms with Crippen molar-refractivity contribution in [3.8, 4) is 0 Å². The van der Waals surface area contributed by atoms with Gasteiger partial charge in [-0.3, -0.25) is 4.98 Å². The van der Waals surface area contributed by atoms with Crippen LogP contribution in [0.2, 0.25) is 0 Å². The quantitative estimate of drug-likeness (QED) is 0.800. The largest absolute Gasteiger partial charge is 0.264 e. The summed E-state index contributed by atoms with van der Waals surface area (Å²) < 4.78 is 27.0. The van der Waals surface area contributed by atoms with Gasteiger partial charge in [0, 0.05) is 18.9 Å². The average molecular weight is 304 g/mol. The highest BCUT2D eigenvalue weighted by molar-refractivity contribution is 7.89. The first-order chi connectivity index (χ1) is 10.1. The molecule has 21 heavy (non-hydrogen) atoms. The van der Waals surface area contributed by atoms with Gasteiger partial charge in [-0.05, 0) is 48.6 Å². The Kier molecular flexibility index (Phi) is 5.47. The zero-order valence-electron chi connectivity index (χ0n) is 12.1. The molecule has 2 rings (SSSR count). The lowest BCUT2D eigenvalue weighted by Gasteiger charge is -2.08. The topological polar surface area (TPSA) is 59.1 Å². The monoisotopic (exact) mass is 304 g/mol. The number of aryl methyl sites for hydroxylation is 2. The van der Waals surface area contributed by atoms with Crippen LogP contribution in [0, 0.1) is 0 Å². The second-order valence-electron chi connectivity index (χ2n) is 4.86. The number of benzene rings is 1. The number of pyridine rings is 1. The van der Waals surface area contributed by atoms with Crippen LogP contribution in [-0.2, 0) is 22.9 Å². The zero-order valence-corrected chi connectivity index (χ0v) is 12.9. The molecule has 1 heterocycles. The molecule has 2 aromatic rings. The van der Waals surface area contributed by atoms with E-state index in [0.717, 1.165) is 30.4 Å². The van der Waals surface area contributed by atoms with E-state index in [4.69, 9.17) is 0 Å². The molecule has 4 nitrogen and oxygen atoms in total. The third-order valence-electron chi connectivity index (χ3n) is 3.27. The molecule has 5 heteroatoms. The molecule has 1 aromatic carbocycles. The minimum atomic E-state index is -3.41. The van der Waals surface area contributed by atoms with Crippen molar-refractivity contribution in [1.29, 1.82) is 0 Å². The maximum atomic E-state index is 12.2. The Hall–Kier alpha value is -1.72. The van der Waals surface area contributed by atoms with E-state index < -0.39 is 10.0 Å². The van der Waals surface area contributed by atoms with Gasteiger partial charge in [-0.2, -0.15) is 0 Å². The zero-order chi connectivity index (χ0) is 15.1. The second-order valence-corrected chi connectivity index (χ2v) is 6.63. The van der Waals surface area contributed by atoms with Gasteiger partial charge in [-0.1, -0.05) is 25.1 Å². The highest BCUT2D eigenvalue weighted by atomic mass is 32.2. The number of hydrogen-bond donors (Lipinski definition) is 1. The minimum Gasteiger partial charge on any atom is -0.264 e. The summed E-state index contributed by atoms with van der Waals surface area (Å²) in [7, 11) is -3.41. The van der Waals surface area contributed by atoms with Crippen molar-refractivity contribution >= 4 is 10.0 Å². The van der Waals surface area contributed by atoms with Crippen LogP contribution in [0.25, 0.3) is 0 Å². The molecule has 0 spiro atoms. The van der Waals surface area contributed by atoms with Gasteiger partial charge in [0.2, 0.25) is 10.0 Å². The normalized spacial score (nSPS) is 11.5. The Balaban J connectivity index is 1.89. The van der Waals surface area contributed by atoms with Gasteiger partial charge in [-0.15, -0.1) is 0 Å². The number of rotatable bonds is 7. The Morgan fingerprint density at radius 1 is 1.14 bits per heavy atom. The van der Waals surface area contributed by atoms with Gasteiger partial charge < -0.3 is 0 Å². The second kappa shape index (κ2) is 7.33. The van der Waals surface area contributed by atoms with E-state index in [1.807, 2.05) is 25.1 Å². The third-order valence-corrected chi connectivity index (χ3v) is 4.73. The van der Waals surface area contributed by atoms with Crippen LogP contribution >= 0.6 is 0 Å². The smallest absolute Gasteiger partial charge is 0.240 e. The Morgan fingerprint density at radius 2 is 1.95 bits per heavy atom. The van der Waals surface area contributed by atoms with Crippen molar-refractivity contribution < 1.29 is 8.42 Å². The van der Waals surface area contributed by atoms with Crippen LogP contribution in [0.1, 0.15) is 24.5 Å². The molecule has 1 aromatic heterocycles. The number of nitrogens with zero attached hydrogens (tertiary/aromatic N) is 1. The van der Waals surface area contributed by atoms with Crippen molar-refractivity contribution in [3.05, 3.63) is 59.9 Å². The fraction of sp³-hybridized carbons (Fsp3) is 0.312. The summed E-state index contributed by atoms with van der Waals surface area (Å²) in [5, 5.41) is 0. The van der Waals surface area contributed by atoms with Crippen LogP contribution in [0.3, 0.4) is 0 Å². The summed E-state index contributed by atoms with van der Waals surface area (Å²) >= 11 is 0. The maximum absolute atomic E-state index is 12.2. The average Bonchev–Trinajstić information content (AvgIpc) is 2.53. The molecule has 0 aliphatic rings. The van der Waals surface area contributed by atoms with E-state index in [0.29, 0.717) is 11.4 Å². The van der Waals surface area contributed by atoms with Gasteiger partial charge >= 0.3 is 0 Å². The van der Waals surface area contributed by atoms with Gasteiger partial charge in [-0.25, -0.2) is 13.1 Å². The van der Waals surface area contributed by atoms with Crippen LogP contribution in [0.5, 0.6) is 0 Å². The summed E-state index contributed by atoms with van der Waals surface area (Å²) in [5.41, 5.74) is 2.14. The van der Waals surface area contributed by atoms with Gasteiger partial charge in [0.1, 0.15) is 0 Å². The van der Waals surface area contributed by atoms with Crippen molar-refractivity contribution in [2.75, 3.05) is 6.54 Å². The predicted molar refractivity (Wildman–Crippen MR) is 83.6 cm³/mol. The lowest BCUT2D eigenvalue weighted by molar-refractivity contribution is 0.579. The first-order valence-corrected chi connectivity index (χ1v) is 8.57. The van der Waals surface area contributed by atoms with Crippen LogP contribution in [0.4, 0.5) is 0 Å². The Labute approximate surface area is 126 Å². The molecule has 0 saturated carbocycles. The van der Waals surface area contributed by atoms with Crippen LogP contribution in [-0.4, -0.2) is 19.9 Å². The van der Waals surface area contributed by atoms with E-state index in [-0.39, 0.29) is 0 Å².